The van der Waals surface area contributed by atoms with Crippen molar-refractivity contribution < 1.29 is 22.7 Å². The Bertz CT molecular complexity index is 867. The van der Waals surface area contributed by atoms with Crippen molar-refractivity contribution >= 4 is 33.2 Å². The highest BCUT2D eigenvalue weighted by molar-refractivity contribution is 7.89. The molecule has 4 heterocycles. The van der Waals surface area contributed by atoms with Gasteiger partial charge in [-0.25, -0.2) is 8.42 Å². The summed E-state index contributed by atoms with van der Waals surface area (Å²) in [6, 6.07) is 1.54. The second-order valence-corrected chi connectivity index (χ2v) is 10.6. The summed E-state index contributed by atoms with van der Waals surface area (Å²) < 4.78 is 32.6. The van der Waals surface area contributed by atoms with Crippen molar-refractivity contribution in [1.82, 2.24) is 19.0 Å². The van der Waals surface area contributed by atoms with Crippen LogP contribution in [0.1, 0.15) is 22.5 Å². The van der Waals surface area contributed by atoms with Gasteiger partial charge in [-0.15, -0.1) is 11.3 Å². The normalized spacial score (nSPS) is 21.9. The average Bonchev–Trinajstić information content (AvgIpc) is 3.47. The number of sulfonamides is 1. The van der Waals surface area contributed by atoms with E-state index in [1.807, 2.05) is 0 Å². The number of carbonyl (C=O) groups is 2. The zero-order chi connectivity index (χ0) is 21.1. The molecule has 166 valence electrons. The standard InChI is InChI=1S/C19H28N4O5S2/c24-17(15-20-10-12-28-13-11-20)21-6-8-22(9-7-21)19(25)18-16(3-14-29-18)30(26,27)23-4-1-2-5-23/h3,14H,1-2,4-13,15H2. The largest absolute Gasteiger partial charge is 0.379 e. The molecule has 4 rings (SSSR count). The van der Waals surface area contributed by atoms with Gasteiger partial charge in [0.1, 0.15) is 9.77 Å². The summed E-state index contributed by atoms with van der Waals surface area (Å²) >= 11 is 1.17. The van der Waals surface area contributed by atoms with Gasteiger partial charge in [0.05, 0.1) is 19.8 Å². The Kier molecular flexibility index (Phi) is 6.73. The number of rotatable bonds is 5. The van der Waals surface area contributed by atoms with Crippen LogP contribution in [0.3, 0.4) is 0 Å². The first-order valence-corrected chi connectivity index (χ1v) is 12.7. The zero-order valence-electron chi connectivity index (χ0n) is 17.0. The number of ether oxygens (including phenoxy) is 1. The van der Waals surface area contributed by atoms with Gasteiger partial charge in [0, 0.05) is 52.4 Å². The van der Waals surface area contributed by atoms with E-state index in [1.165, 1.54) is 21.7 Å². The van der Waals surface area contributed by atoms with Gasteiger partial charge in [-0.05, 0) is 24.3 Å². The second kappa shape index (κ2) is 9.31. The topological polar surface area (TPSA) is 90.5 Å². The Morgan fingerprint density at radius 3 is 2.23 bits per heavy atom. The molecule has 0 N–H and O–H groups in total. The van der Waals surface area contributed by atoms with Crippen molar-refractivity contribution in [3.8, 4) is 0 Å². The summed E-state index contributed by atoms with van der Waals surface area (Å²) in [6.07, 6.45) is 1.71. The highest BCUT2D eigenvalue weighted by Gasteiger charge is 2.34. The van der Waals surface area contributed by atoms with Crippen molar-refractivity contribution in [3.05, 3.63) is 16.3 Å². The van der Waals surface area contributed by atoms with Crippen LogP contribution in [0, 0.1) is 0 Å². The molecular weight excluding hydrogens is 428 g/mol. The lowest BCUT2D eigenvalue weighted by molar-refractivity contribution is -0.134. The highest BCUT2D eigenvalue weighted by atomic mass is 32.2. The van der Waals surface area contributed by atoms with Gasteiger partial charge in [0.15, 0.2) is 0 Å². The fraction of sp³-hybridized carbons (Fsp3) is 0.684. The van der Waals surface area contributed by atoms with Gasteiger partial charge in [0.25, 0.3) is 5.91 Å². The van der Waals surface area contributed by atoms with Crippen LogP contribution in [0.15, 0.2) is 16.3 Å². The lowest BCUT2D eigenvalue weighted by Crippen LogP contribution is -2.53. The van der Waals surface area contributed by atoms with E-state index in [0.717, 1.165) is 25.9 Å². The van der Waals surface area contributed by atoms with Crippen molar-refractivity contribution in [2.45, 2.75) is 17.7 Å². The van der Waals surface area contributed by atoms with E-state index in [-0.39, 0.29) is 21.6 Å². The first kappa shape index (κ1) is 21.7. The lowest BCUT2D eigenvalue weighted by atomic mass is 10.2. The minimum atomic E-state index is -3.63. The SMILES string of the molecule is O=C(CN1CCOCC1)N1CCN(C(=O)c2sccc2S(=O)(=O)N2CCCC2)CC1. The Morgan fingerprint density at radius 2 is 1.57 bits per heavy atom. The number of thiophene rings is 1. The van der Waals surface area contributed by atoms with Gasteiger partial charge in [-0.1, -0.05) is 0 Å². The Labute approximate surface area is 181 Å². The van der Waals surface area contributed by atoms with Gasteiger partial charge in [-0.2, -0.15) is 4.31 Å². The number of nitrogens with zero attached hydrogens (tertiary/aromatic N) is 4. The van der Waals surface area contributed by atoms with Crippen molar-refractivity contribution in [2.75, 3.05) is 72.1 Å². The molecular formula is C19H28N4O5S2. The van der Waals surface area contributed by atoms with E-state index in [1.54, 1.807) is 15.2 Å². The third kappa shape index (κ3) is 4.54. The van der Waals surface area contributed by atoms with Crippen molar-refractivity contribution in [1.29, 1.82) is 0 Å². The second-order valence-electron chi connectivity index (χ2n) is 7.79. The Balaban J connectivity index is 1.36. The molecule has 2 amide bonds. The van der Waals surface area contributed by atoms with Gasteiger partial charge < -0.3 is 14.5 Å². The average molecular weight is 457 g/mol. The molecule has 0 unspecified atom stereocenters. The summed E-state index contributed by atoms with van der Waals surface area (Å²) in [5.74, 6) is -0.194. The third-order valence-electron chi connectivity index (χ3n) is 5.89. The van der Waals surface area contributed by atoms with Gasteiger partial charge in [0.2, 0.25) is 15.9 Å². The molecule has 9 nitrogen and oxygen atoms in total. The molecule has 0 atom stereocenters. The maximum atomic E-state index is 13.1. The zero-order valence-corrected chi connectivity index (χ0v) is 18.6. The van der Waals surface area contributed by atoms with Crippen LogP contribution in [0.2, 0.25) is 0 Å². The Morgan fingerprint density at radius 1 is 0.933 bits per heavy atom. The molecule has 1 aromatic rings. The third-order valence-corrected chi connectivity index (χ3v) is 8.86. The molecule has 30 heavy (non-hydrogen) atoms. The molecule has 3 aliphatic rings. The van der Waals surface area contributed by atoms with Gasteiger partial charge >= 0.3 is 0 Å². The molecule has 11 heteroatoms. The number of carbonyl (C=O) groups excluding carboxylic acids is 2. The summed E-state index contributed by atoms with van der Waals surface area (Å²) in [5, 5.41) is 1.66. The van der Waals surface area contributed by atoms with E-state index in [9.17, 15) is 18.0 Å². The number of amides is 2. The number of piperazine rings is 1. The van der Waals surface area contributed by atoms with Crippen LogP contribution < -0.4 is 0 Å². The van der Waals surface area contributed by atoms with E-state index < -0.39 is 10.0 Å². The predicted molar refractivity (Wildman–Crippen MR) is 112 cm³/mol. The van der Waals surface area contributed by atoms with E-state index in [2.05, 4.69) is 4.90 Å². The fourth-order valence-electron chi connectivity index (χ4n) is 4.08. The quantitative estimate of drug-likeness (QED) is 0.627. The molecule has 0 aliphatic carbocycles. The van der Waals surface area contributed by atoms with Gasteiger partial charge in [-0.3, -0.25) is 14.5 Å². The molecule has 3 fully saturated rings. The van der Waals surface area contributed by atoms with Crippen LogP contribution in [0.25, 0.3) is 0 Å². The molecule has 0 aromatic carbocycles. The molecule has 3 saturated heterocycles. The fourth-order valence-corrected chi connectivity index (χ4v) is 6.96. The molecule has 3 aliphatic heterocycles. The summed E-state index contributed by atoms with van der Waals surface area (Å²) in [4.78, 5) is 31.5. The van der Waals surface area contributed by atoms with Crippen LogP contribution in [0.5, 0.6) is 0 Å². The number of hydrogen-bond donors (Lipinski definition) is 0. The molecule has 0 radical (unpaired) electrons. The Hall–Kier alpha value is -1.53. The minimum Gasteiger partial charge on any atom is -0.379 e. The minimum absolute atomic E-state index is 0.0671. The van der Waals surface area contributed by atoms with Crippen LogP contribution in [-0.4, -0.2) is 111 Å². The van der Waals surface area contributed by atoms with E-state index in [4.69, 9.17) is 4.74 Å². The highest BCUT2D eigenvalue weighted by Crippen LogP contribution is 2.29. The van der Waals surface area contributed by atoms with E-state index in [0.29, 0.717) is 59.0 Å². The maximum absolute atomic E-state index is 13.1. The van der Waals surface area contributed by atoms with Crippen LogP contribution in [-0.2, 0) is 19.6 Å². The maximum Gasteiger partial charge on any atom is 0.265 e. The van der Waals surface area contributed by atoms with Crippen molar-refractivity contribution in [2.24, 2.45) is 0 Å². The first-order chi connectivity index (χ1) is 14.5. The van der Waals surface area contributed by atoms with Crippen LogP contribution in [0.4, 0.5) is 0 Å². The van der Waals surface area contributed by atoms with Crippen molar-refractivity contribution in [3.63, 3.8) is 0 Å². The monoisotopic (exact) mass is 456 g/mol. The smallest absolute Gasteiger partial charge is 0.265 e. The summed E-state index contributed by atoms with van der Waals surface area (Å²) in [5.41, 5.74) is 0. The number of morpholine rings is 1. The summed E-state index contributed by atoms with van der Waals surface area (Å²) in [6.45, 7) is 5.98. The first-order valence-electron chi connectivity index (χ1n) is 10.4. The molecule has 1 aromatic heterocycles. The summed E-state index contributed by atoms with van der Waals surface area (Å²) in [7, 11) is -3.63. The van der Waals surface area contributed by atoms with E-state index >= 15 is 0 Å². The molecule has 0 saturated carbocycles. The molecule has 0 spiro atoms. The lowest BCUT2D eigenvalue weighted by Gasteiger charge is -2.36. The number of hydrogen-bond acceptors (Lipinski definition) is 7. The molecule has 0 bridgehead atoms. The predicted octanol–water partition coefficient (Wildman–Crippen LogP) is 0.149. The van der Waals surface area contributed by atoms with Crippen LogP contribution >= 0.6 is 11.3 Å².